The molecule has 1 saturated heterocycles. The molecule has 4 nitrogen and oxygen atoms in total. The second-order valence-electron chi connectivity index (χ2n) is 3.84. The monoisotopic (exact) mass is 229 g/mol. The highest BCUT2D eigenvalue weighted by Gasteiger charge is 2.18. The molecule has 1 aliphatic heterocycles. The first-order valence-electron chi connectivity index (χ1n) is 5.44. The smallest absolute Gasteiger partial charge is 0.101 e. The van der Waals surface area contributed by atoms with Gasteiger partial charge in [0.25, 0.3) is 0 Å². The highest BCUT2D eigenvalue weighted by molar-refractivity contribution is 6.20. The van der Waals surface area contributed by atoms with E-state index < -0.39 is 0 Å². The largest absolute Gasteiger partial charge is 0.381 e. The highest BCUT2D eigenvalue weighted by Crippen LogP contribution is 2.24. The zero-order chi connectivity index (χ0) is 10.7. The Labute approximate surface area is 94.6 Å². The Bertz CT molecular complexity index is 309. The molecule has 2 rings (SSSR count). The van der Waals surface area contributed by atoms with Crippen molar-refractivity contribution in [2.45, 2.75) is 37.6 Å². The van der Waals surface area contributed by atoms with E-state index in [1.54, 1.807) is 0 Å². The Morgan fingerprint density at radius 1 is 1.60 bits per heavy atom. The number of ether oxygens (including phenoxy) is 1. The number of aromatic nitrogens is 3. The van der Waals surface area contributed by atoms with Crippen LogP contribution in [0.2, 0.25) is 0 Å². The van der Waals surface area contributed by atoms with Crippen molar-refractivity contribution < 1.29 is 4.74 Å². The maximum Gasteiger partial charge on any atom is 0.101 e. The van der Waals surface area contributed by atoms with E-state index in [1.807, 2.05) is 17.8 Å². The van der Waals surface area contributed by atoms with E-state index in [4.69, 9.17) is 16.3 Å². The predicted octanol–water partition coefficient (Wildman–Crippen LogP) is 2.32. The molecular weight excluding hydrogens is 214 g/mol. The van der Waals surface area contributed by atoms with E-state index in [0.29, 0.717) is 6.04 Å². The summed E-state index contributed by atoms with van der Waals surface area (Å²) in [5, 5.41) is 8.22. The van der Waals surface area contributed by atoms with Crippen molar-refractivity contribution in [3.63, 3.8) is 0 Å². The fourth-order valence-electron chi connectivity index (χ4n) is 1.77. The number of halogens is 1. The molecule has 0 bridgehead atoms. The van der Waals surface area contributed by atoms with Gasteiger partial charge in [-0.3, -0.25) is 0 Å². The van der Waals surface area contributed by atoms with E-state index >= 15 is 0 Å². The molecule has 0 N–H and O–H groups in total. The van der Waals surface area contributed by atoms with E-state index in [9.17, 15) is 0 Å². The van der Waals surface area contributed by atoms with Crippen molar-refractivity contribution in [3.05, 3.63) is 11.9 Å². The van der Waals surface area contributed by atoms with Gasteiger partial charge in [0.2, 0.25) is 0 Å². The molecule has 1 unspecified atom stereocenters. The van der Waals surface area contributed by atoms with Gasteiger partial charge >= 0.3 is 0 Å². The van der Waals surface area contributed by atoms with Crippen molar-refractivity contribution in [1.29, 1.82) is 0 Å². The molecular formula is C10H16ClN3O. The molecule has 1 aromatic heterocycles. The Kier molecular flexibility index (Phi) is 3.59. The van der Waals surface area contributed by atoms with E-state index in [0.717, 1.165) is 38.2 Å². The first-order valence-corrected chi connectivity index (χ1v) is 5.88. The topological polar surface area (TPSA) is 39.9 Å². The van der Waals surface area contributed by atoms with Crippen LogP contribution in [0.4, 0.5) is 0 Å². The molecule has 1 atom stereocenters. The average Bonchev–Trinajstić information content (AvgIpc) is 2.78. The molecule has 0 radical (unpaired) electrons. The van der Waals surface area contributed by atoms with Gasteiger partial charge in [-0.15, -0.1) is 16.7 Å². The van der Waals surface area contributed by atoms with Gasteiger partial charge in [-0.05, 0) is 19.3 Å². The Balaban J connectivity index is 2.05. The summed E-state index contributed by atoms with van der Waals surface area (Å²) < 4.78 is 7.24. The second kappa shape index (κ2) is 4.94. The van der Waals surface area contributed by atoms with Gasteiger partial charge in [0.15, 0.2) is 0 Å². The lowest BCUT2D eigenvalue weighted by Crippen LogP contribution is -2.19. The lowest BCUT2D eigenvalue weighted by Gasteiger charge is -2.21. The van der Waals surface area contributed by atoms with E-state index in [1.165, 1.54) is 0 Å². The fourth-order valence-corrected chi connectivity index (χ4v) is 1.87. The zero-order valence-electron chi connectivity index (χ0n) is 8.90. The molecule has 2 heterocycles. The van der Waals surface area contributed by atoms with Crippen LogP contribution in [0.5, 0.6) is 0 Å². The number of hydrogen-bond acceptors (Lipinski definition) is 3. The van der Waals surface area contributed by atoms with Crippen LogP contribution >= 0.6 is 11.6 Å². The van der Waals surface area contributed by atoms with E-state index in [-0.39, 0.29) is 5.38 Å². The summed E-state index contributed by atoms with van der Waals surface area (Å²) in [6, 6.07) is 0.431. The lowest BCUT2D eigenvalue weighted by atomic mass is 10.1. The van der Waals surface area contributed by atoms with Crippen molar-refractivity contribution in [2.24, 2.45) is 0 Å². The van der Waals surface area contributed by atoms with Crippen LogP contribution in [-0.2, 0) is 4.74 Å². The minimum Gasteiger partial charge on any atom is -0.381 e. The minimum absolute atomic E-state index is 0.0152. The fraction of sp³-hybridized carbons (Fsp3) is 0.800. The lowest BCUT2D eigenvalue weighted by molar-refractivity contribution is 0.0657. The molecule has 0 spiro atoms. The summed E-state index contributed by atoms with van der Waals surface area (Å²) in [6.45, 7) is 3.68. The highest BCUT2D eigenvalue weighted by atomic mass is 35.5. The third-order valence-corrected chi connectivity index (χ3v) is 3.30. The first kappa shape index (κ1) is 10.9. The molecule has 1 aliphatic rings. The van der Waals surface area contributed by atoms with Crippen molar-refractivity contribution in [1.82, 2.24) is 15.0 Å². The molecule has 0 saturated carbocycles. The average molecular weight is 230 g/mol. The third-order valence-electron chi connectivity index (χ3n) is 2.77. The minimum atomic E-state index is -0.0152. The Morgan fingerprint density at radius 3 is 3.00 bits per heavy atom. The maximum atomic E-state index is 6.10. The summed E-state index contributed by atoms with van der Waals surface area (Å²) >= 11 is 6.10. The van der Waals surface area contributed by atoms with Gasteiger partial charge in [-0.25, -0.2) is 4.68 Å². The Hall–Kier alpha value is -0.610. The molecule has 0 amide bonds. The molecule has 0 aliphatic carbocycles. The van der Waals surface area contributed by atoms with Crippen LogP contribution in [0.3, 0.4) is 0 Å². The van der Waals surface area contributed by atoms with Gasteiger partial charge in [-0.2, -0.15) is 0 Å². The van der Waals surface area contributed by atoms with Crippen LogP contribution in [0.15, 0.2) is 6.20 Å². The van der Waals surface area contributed by atoms with Crippen LogP contribution in [-0.4, -0.2) is 28.2 Å². The normalized spacial score (nSPS) is 20.4. The maximum absolute atomic E-state index is 6.10. The third kappa shape index (κ3) is 2.49. The molecule has 1 aromatic rings. The zero-order valence-corrected chi connectivity index (χ0v) is 9.65. The van der Waals surface area contributed by atoms with Crippen molar-refractivity contribution in [2.75, 3.05) is 13.2 Å². The molecule has 84 valence electrons. The number of nitrogens with zero attached hydrogens (tertiary/aromatic N) is 3. The predicted molar refractivity (Wildman–Crippen MR) is 58.0 cm³/mol. The van der Waals surface area contributed by atoms with Crippen molar-refractivity contribution >= 4 is 11.6 Å². The van der Waals surface area contributed by atoms with Gasteiger partial charge in [0.1, 0.15) is 5.69 Å². The standard InChI is InChI=1S/C10H16ClN3O/c1-2-9(11)10-7-14(13-12-10)8-3-5-15-6-4-8/h7-9H,2-6H2,1H3. The molecule has 5 heteroatoms. The summed E-state index contributed by atoms with van der Waals surface area (Å²) in [6.07, 6.45) is 4.88. The SMILES string of the molecule is CCC(Cl)c1cn(C2CCOCC2)nn1. The van der Waals surface area contributed by atoms with E-state index in [2.05, 4.69) is 10.3 Å². The quantitative estimate of drug-likeness (QED) is 0.747. The van der Waals surface area contributed by atoms with Crippen LogP contribution < -0.4 is 0 Å². The van der Waals surface area contributed by atoms with Gasteiger partial charge in [0.05, 0.1) is 17.6 Å². The van der Waals surface area contributed by atoms with Crippen LogP contribution in [0, 0.1) is 0 Å². The summed E-state index contributed by atoms with van der Waals surface area (Å²) in [5.74, 6) is 0. The first-order chi connectivity index (χ1) is 7.31. The second-order valence-corrected chi connectivity index (χ2v) is 4.37. The summed E-state index contributed by atoms with van der Waals surface area (Å²) in [7, 11) is 0. The molecule has 0 aromatic carbocycles. The Morgan fingerprint density at radius 2 is 2.33 bits per heavy atom. The molecule has 1 fully saturated rings. The number of rotatable bonds is 3. The number of hydrogen-bond donors (Lipinski definition) is 0. The molecule has 15 heavy (non-hydrogen) atoms. The van der Waals surface area contributed by atoms with Crippen LogP contribution in [0.25, 0.3) is 0 Å². The van der Waals surface area contributed by atoms with Crippen molar-refractivity contribution in [3.8, 4) is 0 Å². The summed E-state index contributed by atoms with van der Waals surface area (Å²) in [5.41, 5.74) is 0.880. The van der Waals surface area contributed by atoms with Crippen LogP contribution in [0.1, 0.15) is 43.3 Å². The van der Waals surface area contributed by atoms with Gasteiger partial charge < -0.3 is 4.74 Å². The summed E-state index contributed by atoms with van der Waals surface area (Å²) in [4.78, 5) is 0. The van der Waals surface area contributed by atoms with Gasteiger partial charge in [0, 0.05) is 13.2 Å². The van der Waals surface area contributed by atoms with Gasteiger partial charge in [-0.1, -0.05) is 12.1 Å². The number of alkyl halides is 1.